The van der Waals surface area contributed by atoms with Crippen LogP contribution in [-0.2, 0) is 19.5 Å². The molecule has 4 heterocycles. The molecule has 1 aliphatic heterocycles. The van der Waals surface area contributed by atoms with Crippen molar-refractivity contribution in [1.29, 1.82) is 0 Å². The zero-order valence-corrected chi connectivity index (χ0v) is 15.7. The number of aryl methyl sites for hydroxylation is 1. The first-order valence-corrected chi connectivity index (χ1v) is 8.51. The minimum Gasteiger partial charge on any atom is -0.459 e. The summed E-state index contributed by atoms with van der Waals surface area (Å²) in [6, 6.07) is 5.27. The standard InChI is InChI=1S/C19H19N5O2.ClH/c1-13-21-6-4-18(23-13)22-11-14-9-20-10-15-12-24(7-5-16(14)15)19(25)17-3-2-8-26-17;/h2-4,6,8-10H,5,7,11-12H2,1H3,(H,21,22,23);1H. The van der Waals surface area contributed by atoms with Gasteiger partial charge >= 0.3 is 0 Å². The Morgan fingerprint density at radius 3 is 3.00 bits per heavy atom. The second-order valence-corrected chi connectivity index (χ2v) is 6.23. The first-order chi connectivity index (χ1) is 12.7. The number of hydrogen-bond donors (Lipinski definition) is 1. The van der Waals surface area contributed by atoms with Gasteiger partial charge in [-0.25, -0.2) is 9.97 Å². The molecule has 0 radical (unpaired) electrons. The summed E-state index contributed by atoms with van der Waals surface area (Å²) in [6.07, 6.45) is 7.77. The fourth-order valence-corrected chi connectivity index (χ4v) is 3.19. The molecule has 1 aliphatic rings. The molecular formula is C19H20ClN5O2. The number of nitrogens with zero attached hydrogens (tertiary/aromatic N) is 4. The predicted molar refractivity (Wildman–Crippen MR) is 103 cm³/mol. The number of halogens is 1. The van der Waals surface area contributed by atoms with Crippen molar-refractivity contribution in [1.82, 2.24) is 19.9 Å². The molecule has 0 bridgehead atoms. The van der Waals surface area contributed by atoms with E-state index < -0.39 is 0 Å². The Morgan fingerprint density at radius 1 is 1.33 bits per heavy atom. The summed E-state index contributed by atoms with van der Waals surface area (Å²) in [5.41, 5.74) is 3.46. The molecule has 7 nitrogen and oxygen atoms in total. The molecule has 0 atom stereocenters. The van der Waals surface area contributed by atoms with Gasteiger partial charge in [0.25, 0.3) is 5.91 Å². The van der Waals surface area contributed by atoms with Gasteiger partial charge in [0.15, 0.2) is 5.76 Å². The highest BCUT2D eigenvalue weighted by Crippen LogP contribution is 2.23. The van der Waals surface area contributed by atoms with E-state index in [9.17, 15) is 4.79 Å². The van der Waals surface area contributed by atoms with Crippen LogP contribution in [0.4, 0.5) is 5.82 Å². The Kier molecular flexibility index (Phi) is 5.71. The largest absolute Gasteiger partial charge is 0.459 e. The number of aromatic nitrogens is 3. The fourth-order valence-electron chi connectivity index (χ4n) is 3.19. The van der Waals surface area contributed by atoms with E-state index in [1.165, 1.54) is 11.8 Å². The van der Waals surface area contributed by atoms with Gasteiger partial charge in [-0.2, -0.15) is 0 Å². The number of furan rings is 1. The molecule has 0 aromatic carbocycles. The van der Waals surface area contributed by atoms with Gasteiger partial charge in [0.05, 0.1) is 6.26 Å². The van der Waals surface area contributed by atoms with Gasteiger partial charge < -0.3 is 14.6 Å². The average molecular weight is 386 g/mol. The van der Waals surface area contributed by atoms with Gasteiger partial charge in [-0.3, -0.25) is 9.78 Å². The van der Waals surface area contributed by atoms with Crippen molar-refractivity contribution >= 4 is 24.1 Å². The summed E-state index contributed by atoms with van der Waals surface area (Å²) >= 11 is 0. The molecule has 8 heteroatoms. The van der Waals surface area contributed by atoms with Crippen LogP contribution in [0.1, 0.15) is 33.1 Å². The average Bonchev–Trinajstić information content (AvgIpc) is 3.20. The number of carbonyl (C=O) groups is 1. The molecule has 0 saturated carbocycles. The van der Waals surface area contributed by atoms with Crippen LogP contribution in [-0.4, -0.2) is 32.3 Å². The molecular weight excluding hydrogens is 366 g/mol. The second-order valence-electron chi connectivity index (χ2n) is 6.23. The van der Waals surface area contributed by atoms with Crippen molar-refractivity contribution in [3.05, 3.63) is 71.3 Å². The molecule has 1 amide bonds. The Hall–Kier alpha value is -2.93. The minimum atomic E-state index is -0.0827. The number of hydrogen-bond acceptors (Lipinski definition) is 6. The summed E-state index contributed by atoms with van der Waals surface area (Å²) in [4.78, 5) is 27.1. The monoisotopic (exact) mass is 385 g/mol. The van der Waals surface area contributed by atoms with Crippen LogP contribution >= 0.6 is 12.4 Å². The lowest BCUT2D eigenvalue weighted by atomic mass is 9.97. The van der Waals surface area contributed by atoms with Crippen LogP contribution in [0, 0.1) is 6.92 Å². The third-order valence-corrected chi connectivity index (χ3v) is 4.48. The van der Waals surface area contributed by atoms with Crippen LogP contribution in [0.2, 0.25) is 0 Å². The van der Waals surface area contributed by atoms with Gasteiger partial charge in [0.1, 0.15) is 11.6 Å². The SMILES string of the molecule is Cc1nccc(NCc2cncc3c2CCN(C(=O)c2ccco2)C3)n1.Cl. The molecule has 27 heavy (non-hydrogen) atoms. The van der Waals surface area contributed by atoms with E-state index in [0.29, 0.717) is 25.4 Å². The van der Waals surface area contributed by atoms with Crippen molar-refractivity contribution in [2.75, 3.05) is 11.9 Å². The molecule has 140 valence electrons. The van der Waals surface area contributed by atoms with Crippen molar-refractivity contribution in [2.45, 2.75) is 26.4 Å². The molecule has 1 N–H and O–H groups in total. The zero-order chi connectivity index (χ0) is 17.9. The van der Waals surface area contributed by atoms with Gasteiger partial charge in [-0.15, -0.1) is 12.4 Å². The molecule has 0 aliphatic carbocycles. The number of carbonyl (C=O) groups excluding carboxylic acids is 1. The maximum absolute atomic E-state index is 12.5. The molecule has 0 unspecified atom stereocenters. The van der Waals surface area contributed by atoms with Crippen LogP contribution < -0.4 is 5.32 Å². The van der Waals surface area contributed by atoms with Gasteiger partial charge in [0.2, 0.25) is 0 Å². The van der Waals surface area contributed by atoms with Gasteiger partial charge in [-0.05, 0) is 48.2 Å². The van der Waals surface area contributed by atoms with Gasteiger partial charge in [0, 0.05) is 38.2 Å². The predicted octanol–water partition coefficient (Wildman–Crippen LogP) is 3.01. The molecule has 3 aromatic heterocycles. The lowest BCUT2D eigenvalue weighted by Crippen LogP contribution is -2.36. The maximum Gasteiger partial charge on any atom is 0.289 e. The Morgan fingerprint density at radius 2 is 2.22 bits per heavy atom. The Labute approximate surface area is 163 Å². The zero-order valence-electron chi connectivity index (χ0n) is 14.9. The Balaban J connectivity index is 0.00000210. The lowest BCUT2D eigenvalue weighted by Gasteiger charge is -2.29. The van der Waals surface area contributed by atoms with Crippen LogP contribution in [0.15, 0.2) is 47.5 Å². The highest BCUT2D eigenvalue weighted by atomic mass is 35.5. The summed E-state index contributed by atoms with van der Waals surface area (Å²) < 4.78 is 5.23. The second kappa shape index (κ2) is 8.18. The Bertz CT molecular complexity index is 930. The van der Waals surface area contributed by atoms with E-state index in [2.05, 4.69) is 20.3 Å². The maximum atomic E-state index is 12.5. The van der Waals surface area contributed by atoms with Crippen LogP contribution in [0.5, 0.6) is 0 Å². The highest BCUT2D eigenvalue weighted by Gasteiger charge is 2.25. The molecule has 0 fully saturated rings. The van der Waals surface area contributed by atoms with Crippen molar-refractivity contribution in [2.24, 2.45) is 0 Å². The van der Waals surface area contributed by atoms with E-state index in [-0.39, 0.29) is 18.3 Å². The van der Waals surface area contributed by atoms with E-state index >= 15 is 0 Å². The molecule has 4 rings (SSSR count). The molecule has 3 aromatic rings. The minimum absolute atomic E-state index is 0. The summed E-state index contributed by atoms with van der Waals surface area (Å²) in [6.45, 7) is 3.71. The van der Waals surface area contributed by atoms with E-state index in [0.717, 1.165) is 29.2 Å². The quantitative estimate of drug-likeness (QED) is 0.743. The molecule has 0 saturated heterocycles. The van der Waals surface area contributed by atoms with Crippen LogP contribution in [0.25, 0.3) is 0 Å². The number of nitrogens with one attached hydrogen (secondary N) is 1. The first kappa shape index (κ1) is 18.8. The third kappa shape index (κ3) is 4.09. The summed E-state index contributed by atoms with van der Waals surface area (Å²) in [5, 5.41) is 3.32. The third-order valence-electron chi connectivity index (χ3n) is 4.48. The lowest BCUT2D eigenvalue weighted by molar-refractivity contribution is 0.0702. The van der Waals surface area contributed by atoms with Crippen LogP contribution in [0.3, 0.4) is 0 Å². The topological polar surface area (TPSA) is 84.2 Å². The molecule has 0 spiro atoms. The summed E-state index contributed by atoms with van der Waals surface area (Å²) in [7, 11) is 0. The van der Waals surface area contributed by atoms with Crippen molar-refractivity contribution in [3.63, 3.8) is 0 Å². The summed E-state index contributed by atoms with van der Waals surface area (Å²) in [5.74, 6) is 1.81. The van der Waals surface area contributed by atoms with E-state index in [1.54, 1.807) is 23.2 Å². The van der Waals surface area contributed by atoms with Gasteiger partial charge in [-0.1, -0.05) is 0 Å². The van der Waals surface area contributed by atoms with Crippen molar-refractivity contribution < 1.29 is 9.21 Å². The highest BCUT2D eigenvalue weighted by molar-refractivity contribution is 5.91. The fraction of sp³-hybridized carbons (Fsp3) is 0.263. The van der Waals surface area contributed by atoms with E-state index in [4.69, 9.17) is 4.42 Å². The number of anilines is 1. The smallest absolute Gasteiger partial charge is 0.289 e. The number of rotatable bonds is 4. The van der Waals surface area contributed by atoms with Crippen molar-refractivity contribution in [3.8, 4) is 0 Å². The number of fused-ring (bicyclic) bond motifs is 1. The first-order valence-electron chi connectivity index (χ1n) is 8.51. The van der Waals surface area contributed by atoms with E-state index in [1.807, 2.05) is 25.4 Å². The number of pyridine rings is 1. The normalized spacial score (nSPS) is 12.9. The number of amides is 1.